The minimum Gasteiger partial charge on any atom is -0.493 e. The second kappa shape index (κ2) is 10.4. The lowest BCUT2D eigenvalue weighted by Gasteiger charge is -2.14. The molecule has 140 valence electrons. The van der Waals surface area contributed by atoms with Crippen LogP contribution in [-0.4, -0.2) is 31.7 Å². The van der Waals surface area contributed by atoms with Gasteiger partial charge in [-0.25, -0.2) is 10.2 Å². The van der Waals surface area contributed by atoms with Crippen molar-refractivity contribution in [2.24, 2.45) is 5.92 Å². The first-order valence-corrected chi connectivity index (χ1v) is 8.52. The van der Waals surface area contributed by atoms with Gasteiger partial charge in [-0.15, -0.1) is 0 Å². The van der Waals surface area contributed by atoms with Gasteiger partial charge in [0.2, 0.25) is 0 Å². The maximum Gasteiger partial charge on any atom is 0.333 e. The zero-order valence-electron chi connectivity index (χ0n) is 15.6. The van der Waals surface area contributed by atoms with E-state index in [2.05, 4.69) is 30.0 Å². The van der Waals surface area contributed by atoms with E-state index in [4.69, 9.17) is 9.47 Å². The van der Waals surface area contributed by atoms with Gasteiger partial charge in [0.1, 0.15) is 0 Å². The lowest BCUT2D eigenvalue weighted by Crippen LogP contribution is -2.47. The average Bonchev–Trinajstić information content (AvgIpc) is 2.56. The summed E-state index contributed by atoms with van der Waals surface area (Å²) in [6.45, 7) is 8.64. The summed E-state index contributed by atoms with van der Waals surface area (Å²) in [6.07, 6.45) is 1.93. The Morgan fingerprint density at radius 2 is 1.80 bits per heavy atom. The van der Waals surface area contributed by atoms with Crippen molar-refractivity contribution in [1.29, 1.82) is 0 Å². The number of hydrogen-bond donors (Lipinski definition) is 3. The third-order valence-electron chi connectivity index (χ3n) is 3.32. The summed E-state index contributed by atoms with van der Waals surface area (Å²) in [4.78, 5) is 23.8. The largest absolute Gasteiger partial charge is 0.493 e. The molecule has 1 aromatic carbocycles. The first-order chi connectivity index (χ1) is 11.8. The molecule has 0 saturated carbocycles. The summed E-state index contributed by atoms with van der Waals surface area (Å²) in [6, 6.07) is 4.40. The summed E-state index contributed by atoms with van der Waals surface area (Å²) in [5.41, 5.74) is 5.05. The molecule has 7 heteroatoms. The fourth-order valence-electron chi connectivity index (χ4n) is 2.10. The van der Waals surface area contributed by atoms with Gasteiger partial charge in [-0.05, 0) is 50.8 Å². The number of methoxy groups -OCH3 is 1. The van der Waals surface area contributed by atoms with E-state index in [9.17, 15) is 9.59 Å². The number of ether oxygens (including phenoxy) is 2. The summed E-state index contributed by atoms with van der Waals surface area (Å²) in [5, 5.41) is 2.69. The zero-order chi connectivity index (χ0) is 18.8. The Morgan fingerprint density at radius 3 is 2.40 bits per heavy atom. The molecule has 0 aliphatic rings. The maximum atomic E-state index is 12.1. The molecular weight excluding hydrogens is 322 g/mol. The predicted molar refractivity (Wildman–Crippen MR) is 96.8 cm³/mol. The van der Waals surface area contributed by atoms with Crippen molar-refractivity contribution in [3.63, 3.8) is 0 Å². The highest BCUT2D eigenvalue weighted by Gasteiger charge is 2.12. The standard InChI is InChI=1S/C18H29N3O4/c1-12(2)7-6-10-19-18(23)21-20-17(22)14-8-9-15(25-13(3)4)16(11-14)24-5/h8-9,11-13H,6-7,10H2,1-5H3,(H,20,22)(H2,19,21,23). The summed E-state index contributed by atoms with van der Waals surface area (Å²) >= 11 is 0. The number of carbonyl (C=O) groups is 2. The van der Waals surface area contributed by atoms with Gasteiger partial charge < -0.3 is 14.8 Å². The molecule has 25 heavy (non-hydrogen) atoms. The van der Waals surface area contributed by atoms with Gasteiger partial charge in [0, 0.05) is 12.1 Å². The molecule has 1 rings (SSSR count). The molecular formula is C18H29N3O4. The third-order valence-corrected chi connectivity index (χ3v) is 3.32. The van der Waals surface area contributed by atoms with Crippen LogP contribution in [0.5, 0.6) is 11.5 Å². The highest BCUT2D eigenvalue weighted by atomic mass is 16.5. The molecule has 0 unspecified atom stereocenters. The monoisotopic (exact) mass is 351 g/mol. The molecule has 0 aliphatic carbocycles. The van der Waals surface area contributed by atoms with Gasteiger partial charge in [0.15, 0.2) is 11.5 Å². The van der Waals surface area contributed by atoms with Gasteiger partial charge in [0.05, 0.1) is 13.2 Å². The third kappa shape index (κ3) is 7.78. The molecule has 0 radical (unpaired) electrons. The molecule has 0 aromatic heterocycles. The van der Waals surface area contributed by atoms with Crippen LogP contribution < -0.4 is 25.6 Å². The Morgan fingerprint density at radius 1 is 1.08 bits per heavy atom. The van der Waals surface area contributed by atoms with Crippen LogP contribution >= 0.6 is 0 Å². The van der Waals surface area contributed by atoms with Gasteiger partial charge in [-0.3, -0.25) is 10.2 Å². The van der Waals surface area contributed by atoms with Crippen molar-refractivity contribution in [1.82, 2.24) is 16.2 Å². The van der Waals surface area contributed by atoms with Crippen molar-refractivity contribution in [2.75, 3.05) is 13.7 Å². The minimum absolute atomic E-state index is 0.00497. The van der Waals surface area contributed by atoms with Crippen molar-refractivity contribution in [3.8, 4) is 11.5 Å². The van der Waals surface area contributed by atoms with Crippen LogP contribution in [0.2, 0.25) is 0 Å². The van der Waals surface area contributed by atoms with Gasteiger partial charge in [0.25, 0.3) is 5.91 Å². The SMILES string of the molecule is COc1cc(C(=O)NNC(=O)NCCCC(C)C)ccc1OC(C)C. The Bertz CT molecular complexity index is 573. The van der Waals surface area contributed by atoms with Crippen LogP contribution in [0, 0.1) is 5.92 Å². The zero-order valence-corrected chi connectivity index (χ0v) is 15.6. The van der Waals surface area contributed by atoms with Crippen molar-refractivity contribution < 1.29 is 19.1 Å². The number of benzene rings is 1. The molecule has 7 nitrogen and oxygen atoms in total. The van der Waals surface area contributed by atoms with Crippen molar-refractivity contribution in [2.45, 2.75) is 46.6 Å². The highest BCUT2D eigenvalue weighted by molar-refractivity contribution is 5.95. The lowest BCUT2D eigenvalue weighted by molar-refractivity contribution is 0.0936. The van der Waals surface area contributed by atoms with Crippen molar-refractivity contribution >= 4 is 11.9 Å². The summed E-state index contributed by atoms with van der Waals surface area (Å²) in [5.74, 6) is 1.18. The fraction of sp³-hybridized carbons (Fsp3) is 0.556. The molecule has 3 amide bonds. The Balaban J connectivity index is 2.50. The van der Waals surface area contributed by atoms with E-state index in [-0.39, 0.29) is 6.10 Å². The smallest absolute Gasteiger partial charge is 0.333 e. The van der Waals surface area contributed by atoms with Crippen LogP contribution in [-0.2, 0) is 0 Å². The first-order valence-electron chi connectivity index (χ1n) is 8.52. The highest BCUT2D eigenvalue weighted by Crippen LogP contribution is 2.28. The first kappa shape index (κ1) is 20.6. The maximum absolute atomic E-state index is 12.1. The summed E-state index contributed by atoms with van der Waals surface area (Å²) in [7, 11) is 1.51. The molecule has 0 saturated heterocycles. The number of hydrazine groups is 1. The lowest BCUT2D eigenvalue weighted by atomic mass is 10.1. The molecule has 0 bridgehead atoms. The number of rotatable bonds is 8. The van der Waals surface area contributed by atoms with E-state index < -0.39 is 11.9 Å². The number of nitrogens with one attached hydrogen (secondary N) is 3. The molecule has 0 atom stereocenters. The number of urea groups is 1. The second-order valence-electron chi connectivity index (χ2n) is 6.40. The number of hydrogen-bond acceptors (Lipinski definition) is 4. The Kier molecular flexibility index (Phi) is 8.60. The molecule has 3 N–H and O–H groups in total. The Hall–Kier alpha value is -2.44. The quantitative estimate of drug-likeness (QED) is 0.496. The summed E-state index contributed by atoms with van der Waals surface area (Å²) < 4.78 is 10.8. The molecule has 0 spiro atoms. The van der Waals surface area contributed by atoms with Crippen LogP contribution in [0.1, 0.15) is 50.9 Å². The molecule has 1 aromatic rings. The molecule has 0 aliphatic heterocycles. The molecule has 0 heterocycles. The van der Waals surface area contributed by atoms with Gasteiger partial charge in [-0.1, -0.05) is 13.8 Å². The number of carbonyl (C=O) groups excluding carboxylic acids is 2. The second-order valence-corrected chi connectivity index (χ2v) is 6.40. The fourth-order valence-corrected chi connectivity index (χ4v) is 2.10. The predicted octanol–water partition coefficient (Wildman–Crippen LogP) is 2.86. The van der Waals surface area contributed by atoms with Crippen LogP contribution in [0.15, 0.2) is 18.2 Å². The number of amides is 3. The van der Waals surface area contributed by atoms with Crippen LogP contribution in [0.3, 0.4) is 0 Å². The van der Waals surface area contributed by atoms with E-state index >= 15 is 0 Å². The van der Waals surface area contributed by atoms with E-state index in [1.807, 2.05) is 13.8 Å². The normalized spacial score (nSPS) is 10.5. The average molecular weight is 351 g/mol. The van der Waals surface area contributed by atoms with E-state index in [0.717, 1.165) is 12.8 Å². The van der Waals surface area contributed by atoms with Crippen LogP contribution in [0.4, 0.5) is 4.79 Å². The van der Waals surface area contributed by atoms with E-state index in [0.29, 0.717) is 29.5 Å². The van der Waals surface area contributed by atoms with E-state index in [1.54, 1.807) is 18.2 Å². The minimum atomic E-state index is -0.441. The Labute approximate surface area is 149 Å². The van der Waals surface area contributed by atoms with Gasteiger partial charge >= 0.3 is 6.03 Å². The topological polar surface area (TPSA) is 88.7 Å². The molecule has 0 fully saturated rings. The van der Waals surface area contributed by atoms with Crippen molar-refractivity contribution in [3.05, 3.63) is 23.8 Å². The van der Waals surface area contributed by atoms with Gasteiger partial charge in [-0.2, -0.15) is 0 Å². The van der Waals surface area contributed by atoms with E-state index in [1.165, 1.54) is 7.11 Å². The van der Waals surface area contributed by atoms with Crippen LogP contribution in [0.25, 0.3) is 0 Å².